The van der Waals surface area contributed by atoms with Gasteiger partial charge in [0, 0.05) is 17.6 Å². The summed E-state index contributed by atoms with van der Waals surface area (Å²) in [5.74, 6) is -0.0888. The highest BCUT2D eigenvalue weighted by Gasteiger charge is 2.19. The van der Waals surface area contributed by atoms with Gasteiger partial charge in [-0.05, 0) is 43.2 Å². The fourth-order valence-electron chi connectivity index (χ4n) is 3.47. The van der Waals surface area contributed by atoms with E-state index in [0.29, 0.717) is 23.0 Å². The van der Waals surface area contributed by atoms with Crippen LogP contribution in [0.4, 0.5) is 5.69 Å². The lowest BCUT2D eigenvalue weighted by molar-refractivity contribution is -0.119. The SMILES string of the molecule is CCc1ccc(N(CC)C(=O)Cn2ncc3c(=O)oc4ccccc4c32)cc1. The van der Waals surface area contributed by atoms with Crippen LogP contribution in [0.15, 0.2) is 63.9 Å². The van der Waals surface area contributed by atoms with Gasteiger partial charge in [-0.15, -0.1) is 0 Å². The number of anilines is 1. The van der Waals surface area contributed by atoms with Crippen LogP contribution in [0.1, 0.15) is 19.4 Å². The van der Waals surface area contributed by atoms with Crippen molar-refractivity contribution in [2.24, 2.45) is 0 Å². The molecule has 0 aliphatic rings. The fraction of sp³-hybridized carbons (Fsp3) is 0.227. The van der Waals surface area contributed by atoms with Gasteiger partial charge < -0.3 is 9.32 Å². The molecule has 0 saturated carbocycles. The van der Waals surface area contributed by atoms with Crippen molar-refractivity contribution in [2.45, 2.75) is 26.8 Å². The smallest absolute Gasteiger partial charge is 0.347 e. The molecular weight excluding hydrogens is 354 g/mol. The molecule has 0 unspecified atom stereocenters. The number of fused-ring (bicyclic) bond motifs is 3. The molecule has 2 heterocycles. The normalized spacial score (nSPS) is 11.2. The number of amides is 1. The molecule has 4 aromatic rings. The van der Waals surface area contributed by atoms with Crippen molar-refractivity contribution in [1.29, 1.82) is 0 Å². The molecule has 6 nitrogen and oxygen atoms in total. The second-order valence-corrected chi connectivity index (χ2v) is 6.61. The van der Waals surface area contributed by atoms with Gasteiger partial charge >= 0.3 is 5.63 Å². The molecule has 0 fully saturated rings. The van der Waals surface area contributed by atoms with Crippen molar-refractivity contribution < 1.29 is 9.21 Å². The van der Waals surface area contributed by atoms with Crippen molar-refractivity contribution >= 4 is 33.5 Å². The van der Waals surface area contributed by atoms with Gasteiger partial charge in [-0.3, -0.25) is 9.48 Å². The van der Waals surface area contributed by atoms with Crippen LogP contribution in [0, 0.1) is 0 Å². The van der Waals surface area contributed by atoms with Crippen LogP contribution in [-0.2, 0) is 17.8 Å². The number of carbonyl (C=O) groups is 1. The number of aromatic nitrogens is 2. The van der Waals surface area contributed by atoms with E-state index in [9.17, 15) is 9.59 Å². The number of carbonyl (C=O) groups excluding carboxylic acids is 1. The summed E-state index contributed by atoms with van der Waals surface area (Å²) in [6.45, 7) is 4.63. The van der Waals surface area contributed by atoms with Gasteiger partial charge in [-0.1, -0.05) is 31.2 Å². The maximum absolute atomic E-state index is 13.0. The molecule has 0 saturated heterocycles. The minimum absolute atomic E-state index is 0.0420. The minimum atomic E-state index is -0.449. The standard InChI is InChI=1S/C22H21N3O3/c1-3-15-9-11-16(12-10-15)24(4-2)20(26)14-25-21-17-7-5-6-8-19(17)28-22(27)18(21)13-23-25/h5-13H,3-4,14H2,1-2H3. The molecule has 2 aromatic carbocycles. The summed E-state index contributed by atoms with van der Waals surface area (Å²) in [6, 6.07) is 15.3. The summed E-state index contributed by atoms with van der Waals surface area (Å²) in [6.07, 6.45) is 2.42. The number of para-hydroxylation sites is 1. The molecule has 0 N–H and O–H groups in total. The van der Waals surface area contributed by atoms with Crippen LogP contribution in [-0.4, -0.2) is 22.2 Å². The highest BCUT2D eigenvalue weighted by atomic mass is 16.4. The summed E-state index contributed by atoms with van der Waals surface area (Å²) >= 11 is 0. The summed E-state index contributed by atoms with van der Waals surface area (Å²) in [5.41, 5.74) is 2.73. The van der Waals surface area contributed by atoms with Gasteiger partial charge in [-0.25, -0.2) is 4.79 Å². The predicted octanol–water partition coefficient (Wildman–Crippen LogP) is 3.76. The van der Waals surface area contributed by atoms with E-state index in [1.807, 2.05) is 49.4 Å². The van der Waals surface area contributed by atoms with Crippen LogP contribution in [0.2, 0.25) is 0 Å². The Hall–Kier alpha value is -3.41. The minimum Gasteiger partial charge on any atom is -0.422 e. The van der Waals surface area contributed by atoms with Gasteiger partial charge in [-0.2, -0.15) is 5.10 Å². The Balaban J connectivity index is 1.72. The lowest BCUT2D eigenvalue weighted by Crippen LogP contribution is -2.34. The Kier molecular flexibility index (Phi) is 4.69. The molecular formula is C22H21N3O3. The molecule has 0 atom stereocenters. The first-order valence-corrected chi connectivity index (χ1v) is 9.39. The zero-order chi connectivity index (χ0) is 19.7. The largest absolute Gasteiger partial charge is 0.422 e. The van der Waals surface area contributed by atoms with E-state index in [2.05, 4.69) is 12.0 Å². The number of hydrogen-bond acceptors (Lipinski definition) is 4. The molecule has 6 heteroatoms. The number of likely N-dealkylation sites (N-methyl/N-ethyl adjacent to an activating group) is 1. The Morgan fingerprint density at radius 1 is 1.07 bits per heavy atom. The van der Waals surface area contributed by atoms with Crippen molar-refractivity contribution in [3.63, 3.8) is 0 Å². The van der Waals surface area contributed by atoms with E-state index < -0.39 is 5.63 Å². The Bertz CT molecular complexity index is 1210. The molecule has 28 heavy (non-hydrogen) atoms. The van der Waals surface area contributed by atoms with E-state index in [1.165, 1.54) is 11.8 Å². The van der Waals surface area contributed by atoms with Gasteiger partial charge in [0.25, 0.3) is 0 Å². The van der Waals surface area contributed by atoms with Gasteiger partial charge in [0.05, 0.1) is 11.7 Å². The average molecular weight is 375 g/mol. The Morgan fingerprint density at radius 3 is 2.54 bits per heavy atom. The quantitative estimate of drug-likeness (QED) is 0.498. The predicted molar refractivity (Wildman–Crippen MR) is 110 cm³/mol. The van der Waals surface area contributed by atoms with Crippen LogP contribution < -0.4 is 10.5 Å². The van der Waals surface area contributed by atoms with Crippen LogP contribution in [0.5, 0.6) is 0 Å². The Morgan fingerprint density at radius 2 is 1.82 bits per heavy atom. The van der Waals surface area contributed by atoms with Crippen LogP contribution in [0.3, 0.4) is 0 Å². The molecule has 142 valence electrons. The summed E-state index contributed by atoms with van der Waals surface area (Å²) in [5, 5.41) is 5.43. The van der Waals surface area contributed by atoms with E-state index >= 15 is 0 Å². The maximum atomic E-state index is 13.0. The molecule has 4 rings (SSSR count). The summed E-state index contributed by atoms with van der Waals surface area (Å²) < 4.78 is 6.93. The van der Waals surface area contributed by atoms with Crippen molar-refractivity contribution in [1.82, 2.24) is 9.78 Å². The van der Waals surface area contributed by atoms with E-state index in [-0.39, 0.29) is 12.5 Å². The van der Waals surface area contributed by atoms with Gasteiger partial charge in [0.2, 0.25) is 5.91 Å². The number of aryl methyl sites for hydroxylation is 1. The zero-order valence-electron chi connectivity index (χ0n) is 15.9. The molecule has 0 radical (unpaired) electrons. The zero-order valence-corrected chi connectivity index (χ0v) is 15.9. The van der Waals surface area contributed by atoms with Gasteiger partial charge in [0.15, 0.2) is 0 Å². The second kappa shape index (κ2) is 7.31. The lowest BCUT2D eigenvalue weighted by Gasteiger charge is -2.21. The van der Waals surface area contributed by atoms with Crippen molar-refractivity contribution in [3.8, 4) is 0 Å². The third-order valence-corrected chi connectivity index (χ3v) is 4.96. The van der Waals surface area contributed by atoms with Gasteiger partial charge in [0.1, 0.15) is 17.5 Å². The molecule has 1 amide bonds. The van der Waals surface area contributed by atoms with Crippen LogP contribution in [0.25, 0.3) is 21.9 Å². The third kappa shape index (κ3) is 3.07. The Labute approximate surface area is 162 Å². The maximum Gasteiger partial charge on any atom is 0.347 e. The van der Waals surface area contributed by atoms with Crippen LogP contribution >= 0.6 is 0 Å². The highest BCUT2D eigenvalue weighted by molar-refractivity contribution is 6.03. The first-order valence-electron chi connectivity index (χ1n) is 9.39. The molecule has 0 aliphatic carbocycles. The highest BCUT2D eigenvalue weighted by Crippen LogP contribution is 2.23. The number of nitrogens with zero attached hydrogens (tertiary/aromatic N) is 3. The number of benzene rings is 2. The monoisotopic (exact) mass is 375 g/mol. The van der Waals surface area contributed by atoms with E-state index in [4.69, 9.17) is 4.42 Å². The first kappa shape index (κ1) is 18.0. The average Bonchev–Trinajstić information content (AvgIpc) is 3.14. The number of rotatable bonds is 5. The molecule has 2 aromatic heterocycles. The third-order valence-electron chi connectivity index (χ3n) is 4.96. The first-order chi connectivity index (χ1) is 13.6. The fourth-order valence-corrected chi connectivity index (χ4v) is 3.47. The molecule has 0 aliphatic heterocycles. The lowest BCUT2D eigenvalue weighted by atomic mass is 10.1. The van der Waals surface area contributed by atoms with E-state index in [1.54, 1.807) is 15.6 Å². The second-order valence-electron chi connectivity index (χ2n) is 6.61. The summed E-state index contributed by atoms with van der Waals surface area (Å²) in [4.78, 5) is 27.0. The summed E-state index contributed by atoms with van der Waals surface area (Å²) in [7, 11) is 0. The molecule has 0 spiro atoms. The van der Waals surface area contributed by atoms with Crippen molar-refractivity contribution in [3.05, 3.63) is 70.7 Å². The topological polar surface area (TPSA) is 68.3 Å². The molecule has 0 bridgehead atoms. The number of hydrogen-bond donors (Lipinski definition) is 0. The van der Waals surface area contributed by atoms with E-state index in [0.717, 1.165) is 17.5 Å². The van der Waals surface area contributed by atoms with Crippen molar-refractivity contribution in [2.75, 3.05) is 11.4 Å².